The van der Waals surface area contributed by atoms with Crippen molar-refractivity contribution >= 4 is 46.5 Å². The largest absolute Gasteiger partial charge is 0.362 e. The van der Waals surface area contributed by atoms with E-state index in [9.17, 15) is 0 Å². The second kappa shape index (κ2) is 7.33. The van der Waals surface area contributed by atoms with Crippen LogP contribution >= 0.6 is 35.2 Å². The third-order valence-corrected chi connectivity index (χ3v) is 3.71. The van der Waals surface area contributed by atoms with Crippen molar-refractivity contribution in [2.24, 2.45) is 5.10 Å². The summed E-state index contributed by atoms with van der Waals surface area (Å²) in [4.78, 5) is 4.48. The molecular weight excluding hydrogens is 312 g/mol. The van der Waals surface area contributed by atoms with Gasteiger partial charge < -0.3 is 5.32 Å². The van der Waals surface area contributed by atoms with E-state index in [-0.39, 0.29) is 0 Å². The van der Waals surface area contributed by atoms with Crippen molar-refractivity contribution in [3.05, 3.63) is 40.4 Å². The van der Waals surface area contributed by atoms with Gasteiger partial charge in [0.2, 0.25) is 0 Å². The highest BCUT2D eigenvalue weighted by Gasteiger charge is 2.03. The van der Waals surface area contributed by atoms with Crippen LogP contribution in [0, 0.1) is 0 Å². The van der Waals surface area contributed by atoms with Gasteiger partial charge in [-0.3, -0.25) is 5.43 Å². The summed E-state index contributed by atoms with van der Waals surface area (Å²) in [6.45, 7) is 2.73. The minimum atomic E-state index is 0.497. The van der Waals surface area contributed by atoms with Gasteiger partial charge in [0.25, 0.3) is 0 Å². The van der Waals surface area contributed by atoms with Crippen molar-refractivity contribution in [2.45, 2.75) is 6.92 Å². The lowest BCUT2D eigenvalue weighted by atomic mass is 10.2. The molecular formula is C13H13ClN4S2. The van der Waals surface area contributed by atoms with E-state index in [2.05, 4.69) is 20.8 Å². The van der Waals surface area contributed by atoms with Gasteiger partial charge in [0.1, 0.15) is 5.01 Å². The Morgan fingerprint density at radius 1 is 1.45 bits per heavy atom. The first-order valence-corrected chi connectivity index (χ1v) is 7.64. The van der Waals surface area contributed by atoms with Gasteiger partial charge in [0.05, 0.1) is 11.9 Å². The van der Waals surface area contributed by atoms with Gasteiger partial charge in [-0.1, -0.05) is 23.7 Å². The van der Waals surface area contributed by atoms with Gasteiger partial charge in [0.15, 0.2) is 5.11 Å². The van der Waals surface area contributed by atoms with E-state index in [1.54, 1.807) is 17.6 Å². The lowest BCUT2D eigenvalue weighted by Crippen LogP contribution is -2.31. The van der Waals surface area contributed by atoms with Crippen LogP contribution in [0.4, 0.5) is 0 Å². The predicted molar refractivity (Wildman–Crippen MR) is 89.6 cm³/mol. The molecule has 0 saturated carbocycles. The van der Waals surface area contributed by atoms with Crippen molar-refractivity contribution < 1.29 is 0 Å². The molecule has 2 aromatic rings. The number of halogens is 1. The maximum atomic E-state index is 5.86. The first-order chi connectivity index (χ1) is 9.69. The Labute approximate surface area is 131 Å². The Balaban J connectivity index is 2.00. The van der Waals surface area contributed by atoms with Crippen LogP contribution in [0.1, 0.15) is 12.6 Å². The van der Waals surface area contributed by atoms with Gasteiger partial charge in [-0.2, -0.15) is 5.10 Å². The third kappa shape index (κ3) is 4.26. The SMILES string of the molecule is CCNC(=S)N/N=C\c1csc(-c2ccc(Cl)cc2)n1. The number of thiocarbonyl (C=S) groups is 1. The van der Waals surface area contributed by atoms with E-state index in [1.165, 1.54) is 0 Å². The number of nitrogens with one attached hydrogen (secondary N) is 2. The summed E-state index contributed by atoms with van der Waals surface area (Å²) in [5.41, 5.74) is 4.55. The number of rotatable bonds is 4. The fourth-order valence-corrected chi connectivity index (χ4v) is 2.53. The first kappa shape index (κ1) is 14.9. The number of aromatic nitrogens is 1. The van der Waals surface area contributed by atoms with E-state index in [0.29, 0.717) is 10.1 Å². The normalized spacial score (nSPS) is 10.7. The van der Waals surface area contributed by atoms with Crippen LogP contribution in [0.5, 0.6) is 0 Å². The average Bonchev–Trinajstić information content (AvgIpc) is 2.89. The maximum Gasteiger partial charge on any atom is 0.186 e. The molecule has 0 aliphatic carbocycles. The minimum absolute atomic E-state index is 0.497. The zero-order valence-electron chi connectivity index (χ0n) is 10.8. The summed E-state index contributed by atoms with van der Waals surface area (Å²) in [5.74, 6) is 0. The second-order valence-electron chi connectivity index (χ2n) is 3.81. The van der Waals surface area contributed by atoms with Gasteiger partial charge in [-0.15, -0.1) is 11.3 Å². The van der Waals surface area contributed by atoms with Gasteiger partial charge >= 0.3 is 0 Å². The molecule has 0 bridgehead atoms. The fourth-order valence-electron chi connectivity index (χ4n) is 1.43. The van der Waals surface area contributed by atoms with Crippen molar-refractivity contribution in [2.75, 3.05) is 6.54 Å². The number of hydrogen-bond acceptors (Lipinski definition) is 4. The Morgan fingerprint density at radius 2 is 2.20 bits per heavy atom. The summed E-state index contributed by atoms with van der Waals surface area (Å²) >= 11 is 12.4. The molecule has 0 radical (unpaired) electrons. The Bertz CT molecular complexity index is 607. The molecule has 1 aromatic heterocycles. The van der Waals surface area contributed by atoms with Crippen molar-refractivity contribution in [3.8, 4) is 10.6 Å². The van der Waals surface area contributed by atoms with Crippen molar-refractivity contribution in [1.29, 1.82) is 0 Å². The summed E-state index contributed by atoms with van der Waals surface area (Å²) in [5, 5.41) is 11.0. The third-order valence-electron chi connectivity index (χ3n) is 2.31. The number of thiazole rings is 1. The summed E-state index contributed by atoms with van der Waals surface area (Å²) < 4.78 is 0. The highest BCUT2D eigenvalue weighted by molar-refractivity contribution is 7.80. The Kier molecular flexibility index (Phi) is 5.46. The van der Waals surface area contributed by atoms with E-state index < -0.39 is 0 Å². The lowest BCUT2D eigenvalue weighted by molar-refractivity contribution is 0.904. The minimum Gasteiger partial charge on any atom is -0.362 e. The monoisotopic (exact) mass is 324 g/mol. The van der Waals surface area contributed by atoms with E-state index in [1.807, 2.05) is 36.6 Å². The molecule has 1 aromatic carbocycles. The molecule has 0 atom stereocenters. The standard InChI is InChI=1S/C13H13ClN4S2/c1-2-15-13(19)18-16-7-11-8-20-12(17-11)9-3-5-10(14)6-4-9/h3-8H,2H2,1H3,(H2,15,18,19)/b16-7-. The summed E-state index contributed by atoms with van der Waals surface area (Å²) in [7, 11) is 0. The van der Waals surface area contributed by atoms with Crippen LogP contribution in [0.25, 0.3) is 10.6 Å². The smallest absolute Gasteiger partial charge is 0.186 e. The predicted octanol–water partition coefficient (Wildman–Crippen LogP) is 3.28. The molecule has 7 heteroatoms. The number of hydrogen-bond donors (Lipinski definition) is 2. The van der Waals surface area contributed by atoms with Gasteiger partial charge in [0, 0.05) is 22.5 Å². The molecule has 0 aliphatic rings. The maximum absolute atomic E-state index is 5.86. The summed E-state index contributed by atoms with van der Waals surface area (Å²) in [6, 6.07) is 7.59. The molecule has 0 amide bonds. The number of nitrogens with zero attached hydrogens (tertiary/aromatic N) is 2. The number of benzene rings is 1. The van der Waals surface area contributed by atoms with Crippen LogP contribution in [0.3, 0.4) is 0 Å². The van der Waals surface area contributed by atoms with Gasteiger partial charge in [-0.05, 0) is 31.3 Å². The van der Waals surface area contributed by atoms with Crippen molar-refractivity contribution in [3.63, 3.8) is 0 Å². The highest BCUT2D eigenvalue weighted by Crippen LogP contribution is 2.24. The van der Waals surface area contributed by atoms with Gasteiger partial charge in [-0.25, -0.2) is 4.98 Å². The van der Waals surface area contributed by atoms with E-state index in [4.69, 9.17) is 23.8 Å². The Hall–Kier alpha value is -1.50. The second-order valence-corrected chi connectivity index (χ2v) is 5.52. The van der Waals surface area contributed by atoms with Crippen LogP contribution in [0.2, 0.25) is 5.02 Å². The van der Waals surface area contributed by atoms with Crippen molar-refractivity contribution in [1.82, 2.24) is 15.7 Å². The molecule has 104 valence electrons. The average molecular weight is 325 g/mol. The van der Waals surface area contributed by atoms with Crippen LogP contribution in [-0.2, 0) is 0 Å². The molecule has 2 N–H and O–H groups in total. The van der Waals surface area contributed by atoms with Crippen LogP contribution < -0.4 is 10.7 Å². The molecule has 1 heterocycles. The molecule has 4 nitrogen and oxygen atoms in total. The number of hydrazone groups is 1. The summed E-state index contributed by atoms with van der Waals surface area (Å²) in [6.07, 6.45) is 1.64. The van der Waals surface area contributed by atoms with E-state index >= 15 is 0 Å². The molecule has 0 spiro atoms. The van der Waals surface area contributed by atoms with E-state index in [0.717, 1.165) is 22.8 Å². The topological polar surface area (TPSA) is 49.3 Å². The first-order valence-electron chi connectivity index (χ1n) is 5.97. The van der Waals surface area contributed by atoms with Crippen LogP contribution in [0.15, 0.2) is 34.7 Å². The molecule has 2 rings (SSSR count). The molecule has 0 fully saturated rings. The zero-order chi connectivity index (χ0) is 14.4. The molecule has 0 saturated heterocycles. The molecule has 0 unspecified atom stereocenters. The zero-order valence-corrected chi connectivity index (χ0v) is 13.1. The Morgan fingerprint density at radius 3 is 2.90 bits per heavy atom. The van der Waals surface area contributed by atoms with Crippen LogP contribution in [-0.4, -0.2) is 22.9 Å². The quantitative estimate of drug-likeness (QED) is 0.515. The lowest BCUT2D eigenvalue weighted by Gasteiger charge is -2.01. The highest BCUT2D eigenvalue weighted by atomic mass is 35.5. The molecule has 0 aliphatic heterocycles. The molecule has 20 heavy (non-hydrogen) atoms. The fraction of sp³-hybridized carbons (Fsp3) is 0.154.